The van der Waals surface area contributed by atoms with Gasteiger partial charge in [-0.2, -0.15) is 0 Å². The topological polar surface area (TPSA) is 50.2 Å². The van der Waals surface area contributed by atoms with Crippen LogP contribution in [-0.2, 0) is 6.54 Å². The maximum atomic E-state index is 13.1. The van der Waals surface area contributed by atoms with E-state index in [1.54, 1.807) is 6.20 Å². The molecule has 0 saturated carbocycles. The third kappa shape index (κ3) is 3.41. The number of rotatable bonds is 5. The molecule has 1 N–H and O–H groups in total. The summed E-state index contributed by atoms with van der Waals surface area (Å²) < 4.78 is 2.14. The fourth-order valence-corrected chi connectivity index (χ4v) is 3.32. The van der Waals surface area contributed by atoms with E-state index in [9.17, 15) is 4.79 Å². The van der Waals surface area contributed by atoms with Crippen molar-refractivity contribution in [1.82, 2.24) is 14.5 Å². The molecular weight excluding hydrogens is 336 g/mol. The van der Waals surface area contributed by atoms with Gasteiger partial charge in [0.25, 0.3) is 5.91 Å². The van der Waals surface area contributed by atoms with Gasteiger partial charge in [-0.25, -0.2) is 0 Å². The van der Waals surface area contributed by atoms with Gasteiger partial charge in [-0.3, -0.25) is 9.78 Å². The summed E-state index contributed by atoms with van der Waals surface area (Å²) in [6, 6.07) is 17.7. The lowest BCUT2D eigenvalue weighted by Gasteiger charge is -2.10. The molecule has 5 nitrogen and oxygen atoms in total. The van der Waals surface area contributed by atoms with Crippen LogP contribution in [-0.4, -0.2) is 41.0 Å². The van der Waals surface area contributed by atoms with E-state index in [-0.39, 0.29) is 5.91 Å². The van der Waals surface area contributed by atoms with Crippen LogP contribution in [0.3, 0.4) is 0 Å². The monoisotopic (exact) mass is 358 g/mol. The van der Waals surface area contributed by atoms with Crippen LogP contribution in [0.15, 0.2) is 67.0 Å². The second kappa shape index (κ2) is 7.21. The molecule has 5 heteroatoms. The van der Waals surface area contributed by atoms with E-state index < -0.39 is 0 Å². The summed E-state index contributed by atoms with van der Waals surface area (Å²) >= 11 is 0. The van der Waals surface area contributed by atoms with Crippen LogP contribution in [0.2, 0.25) is 0 Å². The molecule has 0 aliphatic heterocycles. The molecule has 0 radical (unpaired) electrons. The number of likely N-dealkylation sites (N-methyl/N-ethyl adjacent to an activating group) is 1. The fraction of sp³-hybridized carbons (Fsp3) is 0.182. The lowest BCUT2D eigenvalue weighted by Crippen LogP contribution is -2.18. The number of amides is 1. The van der Waals surface area contributed by atoms with E-state index in [0.717, 1.165) is 40.6 Å². The van der Waals surface area contributed by atoms with Gasteiger partial charge in [-0.1, -0.05) is 36.4 Å². The second-order valence-electron chi connectivity index (χ2n) is 6.89. The molecule has 0 bridgehead atoms. The minimum atomic E-state index is -0.118. The number of carbonyl (C=O) groups excluding carboxylic acids is 1. The first-order valence-corrected chi connectivity index (χ1v) is 9.01. The lowest BCUT2D eigenvalue weighted by molar-refractivity contribution is 0.102. The van der Waals surface area contributed by atoms with Crippen LogP contribution in [0.4, 0.5) is 5.69 Å². The predicted molar refractivity (Wildman–Crippen MR) is 110 cm³/mol. The smallest absolute Gasteiger partial charge is 0.257 e. The summed E-state index contributed by atoms with van der Waals surface area (Å²) in [5.74, 6) is -0.118. The van der Waals surface area contributed by atoms with E-state index in [1.807, 2.05) is 68.8 Å². The van der Waals surface area contributed by atoms with Crippen LogP contribution in [0.25, 0.3) is 21.8 Å². The Morgan fingerprint density at radius 3 is 2.74 bits per heavy atom. The van der Waals surface area contributed by atoms with E-state index in [1.165, 1.54) is 0 Å². The van der Waals surface area contributed by atoms with Gasteiger partial charge in [-0.15, -0.1) is 0 Å². The Bertz CT molecular complexity index is 1110. The number of hydrogen-bond donors (Lipinski definition) is 1. The van der Waals surface area contributed by atoms with Crippen LogP contribution >= 0.6 is 0 Å². The van der Waals surface area contributed by atoms with E-state index in [2.05, 4.69) is 25.8 Å². The van der Waals surface area contributed by atoms with Crippen molar-refractivity contribution in [2.24, 2.45) is 0 Å². The molecule has 2 heterocycles. The second-order valence-corrected chi connectivity index (χ2v) is 6.89. The van der Waals surface area contributed by atoms with Gasteiger partial charge in [0.2, 0.25) is 0 Å². The fourth-order valence-electron chi connectivity index (χ4n) is 3.32. The molecule has 0 saturated heterocycles. The zero-order valence-corrected chi connectivity index (χ0v) is 15.5. The van der Waals surface area contributed by atoms with Crippen LogP contribution in [0.5, 0.6) is 0 Å². The Labute approximate surface area is 158 Å². The number of nitrogens with one attached hydrogen (secondary N) is 1. The number of hydrogen-bond acceptors (Lipinski definition) is 3. The van der Waals surface area contributed by atoms with Gasteiger partial charge in [-0.05, 0) is 32.3 Å². The number of pyridine rings is 1. The number of anilines is 1. The summed E-state index contributed by atoms with van der Waals surface area (Å²) in [5.41, 5.74) is 3.27. The standard InChI is InChI=1S/C22H22N4O/c1-25(2)13-14-26-15-18(17-9-3-4-11-20(17)26)22(27)24-19-10-5-7-16-8-6-12-23-21(16)19/h3-12,15H,13-14H2,1-2H3,(H,24,27). The minimum Gasteiger partial charge on any atom is -0.345 e. The molecule has 0 spiro atoms. The van der Waals surface area contributed by atoms with Gasteiger partial charge in [0.15, 0.2) is 0 Å². The van der Waals surface area contributed by atoms with Gasteiger partial charge in [0.05, 0.1) is 16.8 Å². The van der Waals surface area contributed by atoms with Gasteiger partial charge < -0.3 is 14.8 Å². The highest BCUT2D eigenvalue weighted by Gasteiger charge is 2.16. The van der Waals surface area contributed by atoms with Crippen molar-refractivity contribution in [3.05, 3.63) is 72.6 Å². The summed E-state index contributed by atoms with van der Waals surface area (Å²) in [5, 5.41) is 5.01. The number of benzene rings is 2. The van der Waals surface area contributed by atoms with Crippen molar-refractivity contribution >= 4 is 33.4 Å². The SMILES string of the molecule is CN(C)CCn1cc(C(=O)Nc2cccc3cccnc23)c2ccccc21. The maximum Gasteiger partial charge on any atom is 0.257 e. The quantitative estimate of drug-likeness (QED) is 0.587. The summed E-state index contributed by atoms with van der Waals surface area (Å²) in [6.07, 6.45) is 3.69. The molecule has 27 heavy (non-hydrogen) atoms. The van der Waals surface area contributed by atoms with Gasteiger partial charge in [0, 0.05) is 41.8 Å². The Morgan fingerprint density at radius 2 is 1.89 bits per heavy atom. The third-order valence-electron chi connectivity index (χ3n) is 4.70. The third-order valence-corrected chi connectivity index (χ3v) is 4.70. The van der Waals surface area contributed by atoms with E-state index in [4.69, 9.17) is 0 Å². The molecule has 2 aromatic heterocycles. The Hall–Kier alpha value is -3.18. The molecule has 0 aliphatic rings. The molecule has 4 rings (SSSR count). The summed E-state index contributed by atoms with van der Waals surface area (Å²) in [4.78, 5) is 19.6. The minimum absolute atomic E-state index is 0.118. The summed E-state index contributed by atoms with van der Waals surface area (Å²) in [7, 11) is 4.10. The molecule has 2 aromatic carbocycles. The number of aromatic nitrogens is 2. The molecule has 136 valence electrons. The normalized spacial score (nSPS) is 11.4. The van der Waals surface area contributed by atoms with Gasteiger partial charge in [0.1, 0.15) is 0 Å². The average molecular weight is 358 g/mol. The Kier molecular flexibility index (Phi) is 4.60. The molecule has 0 unspecified atom stereocenters. The van der Waals surface area contributed by atoms with Crippen molar-refractivity contribution in [1.29, 1.82) is 0 Å². The molecule has 0 fully saturated rings. The number of nitrogens with zero attached hydrogens (tertiary/aromatic N) is 3. The van der Waals surface area contributed by atoms with E-state index >= 15 is 0 Å². The molecule has 4 aromatic rings. The predicted octanol–water partition coefficient (Wildman–Crippen LogP) is 4.00. The summed E-state index contributed by atoms with van der Waals surface area (Å²) in [6.45, 7) is 1.74. The average Bonchev–Trinajstić information content (AvgIpc) is 3.06. The van der Waals surface area contributed by atoms with Crippen LogP contribution < -0.4 is 5.32 Å². The Balaban J connectivity index is 1.70. The Morgan fingerprint density at radius 1 is 1.07 bits per heavy atom. The first-order valence-electron chi connectivity index (χ1n) is 9.01. The highest BCUT2D eigenvalue weighted by atomic mass is 16.1. The van der Waals surface area contributed by atoms with Crippen LogP contribution in [0.1, 0.15) is 10.4 Å². The molecule has 1 amide bonds. The first-order chi connectivity index (χ1) is 13.1. The number of carbonyl (C=O) groups is 1. The van der Waals surface area contributed by atoms with Crippen molar-refractivity contribution in [2.45, 2.75) is 6.54 Å². The first kappa shape index (κ1) is 17.2. The largest absolute Gasteiger partial charge is 0.345 e. The highest BCUT2D eigenvalue weighted by Crippen LogP contribution is 2.25. The van der Waals surface area contributed by atoms with Crippen molar-refractivity contribution in [2.75, 3.05) is 26.0 Å². The van der Waals surface area contributed by atoms with E-state index in [0.29, 0.717) is 5.56 Å². The number of para-hydroxylation sites is 2. The lowest BCUT2D eigenvalue weighted by atomic mass is 10.1. The zero-order chi connectivity index (χ0) is 18.8. The zero-order valence-electron chi connectivity index (χ0n) is 15.5. The molecule has 0 aliphatic carbocycles. The highest BCUT2D eigenvalue weighted by molar-refractivity contribution is 6.14. The maximum absolute atomic E-state index is 13.1. The van der Waals surface area contributed by atoms with Crippen molar-refractivity contribution < 1.29 is 4.79 Å². The van der Waals surface area contributed by atoms with Crippen molar-refractivity contribution in [3.8, 4) is 0 Å². The van der Waals surface area contributed by atoms with Crippen LogP contribution in [0, 0.1) is 0 Å². The number of fused-ring (bicyclic) bond motifs is 2. The molecular formula is C22H22N4O. The van der Waals surface area contributed by atoms with Crippen molar-refractivity contribution in [3.63, 3.8) is 0 Å². The van der Waals surface area contributed by atoms with Gasteiger partial charge >= 0.3 is 0 Å². The molecule has 0 atom stereocenters.